The topological polar surface area (TPSA) is 62.5 Å². The number of aromatic nitrogens is 3. The second kappa shape index (κ2) is 15.8. The second-order valence-corrected chi connectivity index (χ2v) is 15.9. The molecule has 0 atom stereocenters. The molecule has 10 aromatic rings. The van der Waals surface area contributed by atoms with Gasteiger partial charge in [-0.1, -0.05) is 194 Å². The Hall–Kier alpha value is -8.52. The van der Waals surface area contributed by atoms with Crippen molar-refractivity contribution in [2.75, 3.05) is 0 Å². The third-order valence-corrected chi connectivity index (χ3v) is 12.2. The summed E-state index contributed by atoms with van der Waals surface area (Å²) in [5, 5.41) is 10.6. The van der Waals surface area contributed by atoms with Crippen molar-refractivity contribution in [1.29, 1.82) is 5.26 Å². The molecule has 0 N–H and O–H groups in total. The standard InChI is InChI=1S/C59H38N4/c60-39-46-26-17-31-54-55(46)52-38-44(32-33-53(52)59(54,50-27-12-4-13-28-50)51-29-14-5-15-30-51)43-24-16-25-45(34-43)57-61-56(42-22-10-3-11-23-42)62-58(63-57)49-36-47(40-18-6-1-7-19-40)35-48(37-49)41-20-8-2-9-21-41/h1-38H. The van der Waals surface area contributed by atoms with Crippen LogP contribution in [-0.2, 0) is 5.41 Å². The van der Waals surface area contributed by atoms with E-state index in [9.17, 15) is 5.26 Å². The molecule has 0 bridgehead atoms. The van der Waals surface area contributed by atoms with Crippen LogP contribution in [0.4, 0.5) is 0 Å². The Morgan fingerprint density at radius 2 is 0.746 bits per heavy atom. The van der Waals surface area contributed by atoms with Crippen molar-refractivity contribution in [1.82, 2.24) is 15.0 Å². The van der Waals surface area contributed by atoms with Gasteiger partial charge in [0.05, 0.1) is 17.0 Å². The van der Waals surface area contributed by atoms with Crippen LogP contribution >= 0.6 is 0 Å². The number of nitriles is 1. The van der Waals surface area contributed by atoms with Crippen molar-refractivity contribution in [2.24, 2.45) is 0 Å². The third-order valence-electron chi connectivity index (χ3n) is 12.2. The molecule has 11 rings (SSSR count). The van der Waals surface area contributed by atoms with Gasteiger partial charge >= 0.3 is 0 Å². The lowest BCUT2D eigenvalue weighted by atomic mass is 9.67. The van der Waals surface area contributed by atoms with Gasteiger partial charge in [-0.25, -0.2) is 15.0 Å². The monoisotopic (exact) mass is 802 g/mol. The van der Waals surface area contributed by atoms with E-state index in [0.717, 1.165) is 83.5 Å². The van der Waals surface area contributed by atoms with Crippen molar-refractivity contribution in [3.63, 3.8) is 0 Å². The molecule has 294 valence electrons. The van der Waals surface area contributed by atoms with E-state index in [2.05, 4.69) is 182 Å². The molecule has 0 radical (unpaired) electrons. The summed E-state index contributed by atoms with van der Waals surface area (Å²) in [6.45, 7) is 0. The third kappa shape index (κ3) is 6.61. The van der Waals surface area contributed by atoms with E-state index in [1.807, 2.05) is 54.6 Å². The highest BCUT2D eigenvalue weighted by molar-refractivity contribution is 5.92. The van der Waals surface area contributed by atoms with Crippen LogP contribution in [0.1, 0.15) is 27.8 Å². The summed E-state index contributed by atoms with van der Waals surface area (Å²) in [7, 11) is 0. The summed E-state index contributed by atoms with van der Waals surface area (Å²) in [4.78, 5) is 15.5. The largest absolute Gasteiger partial charge is 0.208 e. The summed E-state index contributed by atoms with van der Waals surface area (Å²) in [6, 6.07) is 82.8. The predicted molar refractivity (Wildman–Crippen MR) is 254 cm³/mol. The minimum atomic E-state index is -0.603. The SMILES string of the molecule is N#Cc1cccc2c1-c1cc(-c3cccc(-c4nc(-c5ccccc5)nc(-c5cc(-c6ccccc6)cc(-c6ccccc6)c5)n4)c3)ccc1C2(c1ccccc1)c1ccccc1. The van der Waals surface area contributed by atoms with Crippen LogP contribution in [0.15, 0.2) is 231 Å². The van der Waals surface area contributed by atoms with Crippen LogP contribution in [0, 0.1) is 11.3 Å². The van der Waals surface area contributed by atoms with Crippen LogP contribution in [0.25, 0.3) is 78.7 Å². The summed E-state index contributed by atoms with van der Waals surface area (Å²) >= 11 is 0. The molecule has 0 unspecified atom stereocenters. The molecular formula is C59H38N4. The number of benzene rings is 9. The van der Waals surface area contributed by atoms with Gasteiger partial charge in [0.2, 0.25) is 0 Å². The maximum absolute atomic E-state index is 10.6. The van der Waals surface area contributed by atoms with Crippen molar-refractivity contribution in [3.05, 3.63) is 258 Å². The lowest BCUT2D eigenvalue weighted by Gasteiger charge is -2.34. The van der Waals surface area contributed by atoms with Crippen LogP contribution in [0.2, 0.25) is 0 Å². The zero-order valence-corrected chi connectivity index (χ0v) is 34.2. The molecule has 63 heavy (non-hydrogen) atoms. The van der Waals surface area contributed by atoms with Gasteiger partial charge in [0.25, 0.3) is 0 Å². The fourth-order valence-electron chi connectivity index (χ4n) is 9.36. The summed E-state index contributed by atoms with van der Waals surface area (Å²) in [6.07, 6.45) is 0. The van der Waals surface area contributed by atoms with Gasteiger partial charge in [0.1, 0.15) is 0 Å². The fourth-order valence-corrected chi connectivity index (χ4v) is 9.36. The van der Waals surface area contributed by atoms with Gasteiger partial charge in [-0.15, -0.1) is 0 Å². The lowest BCUT2D eigenvalue weighted by molar-refractivity contribution is 0.768. The minimum Gasteiger partial charge on any atom is -0.208 e. The molecule has 4 nitrogen and oxygen atoms in total. The molecule has 1 aromatic heterocycles. The Morgan fingerprint density at radius 3 is 1.32 bits per heavy atom. The van der Waals surface area contributed by atoms with Crippen molar-refractivity contribution < 1.29 is 0 Å². The van der Waals surface area contributed by atoms with E-state index in [1.165, 1.54) is 0 Å². The average molecular weight is 803 g/mol. The molecule has 9 aromatic carbocycles. The summed E-state index contributed by atoms with van der Waals surface area (Å²) in [5.74, 6) is 1.77. The highest BCUT2D eigenvalue weighted by Crippen LogP contribution is 2.57. The molecule has 1 aliphatic rings. The Labute approximate surface area is 367 Å². The highest BCUT2D eigenvalue weighted by atomic mass is 15.0. The van der Waals surface area contributed by atoms with E-state index in [4.69, 9.17) is 15.0 Å². The molecule has 4 heteroatoms. The number of hydrogen-bond acceptors (Lipinski definition) is 4. The van der Waals surface area contributed by atoms with E-state index in [1.54, 1.807) is 0 Å². The Balaban J connectivity index is 1.08. The van der Waals surface area contributed by atoms with E-state index in [-0.39, 0.29) is 0 Å². The first-order valence-corrected chi connectivity index (χ1v) is 21.2. The van der Waals surface area contributed by atoms with Gasteiger partial charge in [-0.05, 0) is 97.6 Å². The second-order valence-electron chi connectivity index (χ2n) is 15.9. The van der Waals surface area contributed by atoms with Crippen molar-refractivity contribution in [3.8, 4) is 84.7 Å². The van der Waals surface area contributed by atoms with Gasteiger partial charge < -0.3 is 0 Å². The number of fused-ring (bicyclic) bond motifs is 3. The normalized spacial score (nSPS) is 12.2. The molecule has 0 amide bonds. The molecular weight excluding hydrogens is 765 g/mol. The van der Waals surface area contributed by atoms with Crippen LogP contribution < -0.4 is 0 Å². The van der Waals surface area contributed by atoms with E-state index >= 15 is 0 Å². The van der Waals surface area contributed by atoms with Crippen molar-refractivity contribution >= 4 is 0 Å². The average Bonchev–Trinajstić information content (AvgIpc) is 3.68. The van der Waals surface area contributed by atoms with E-state index < -0.39 is 5.41 Å². The van der Waals surface area contributed by atoms with Crippen molar-refractivity contribution in [2.45, 2.75) is 5.41 Å². The molecule has 0 spiro atoms. The maximum Gasteiger partial charge on any atom is 0.164 e. The fraction of sp³-hybridized carbons (Fsp3) is 0.0169. The first-order valence-electron chi connectivity index (χ1n) is 21.2. The van der Waals surface area contributed by atoms with Crippen LogP contribution in [0.5, 0.6) is 0 Å². The molecule has 0 fully saturated rings. The Morgan fingerprint density at radius 1 is 0.317 bits per heavy atom. The molecule has 1 aliphatic carbocycles. The van der Waals surface area contributed by atoms with Gasteiger partial charge in [-0.3, -0.25) is 0 Å². The lowest BCUT2D eigenvalue weighted by Crippen LogP contribution is -2.28. The highest BCUT2D eigenvalue weighted by Gasteiger charge is 2.47. The number of rotatable bonds is 8. The van der Waals surface area contributed by atoms with Gasteiger partial charge in [0, 0.05) is 22.3 Å². The predicted octanol–water partition coefficient (Wildman–Crippen LogP) is 14.1. The smallest absolute Gasteiger partial charge is 0.164 e. The zero-order valence-electron chi connectivity index (χ0n) is 34.2. The van der Waals surface area contributed by atoms with Gasteiger partial charge in [-0.2, -0.15) is 5.26 Å². The Bertz CT molecular complexity index is 3230. The maximum atomic E-state index is 10.6. The quantitative estimate of drug-likeness (QED) is 0.153. The molecule has 1 heterocycles. The first kappa shape index (κ1) is 37.5. The van der Waals surface area contributed by atoms with E-state index in [0.29, 0.717) is 23.0 Å². The molecule has 0 aliphatic heterocycles. The first-order chi connectivity index (χ1) is 31.2. The number of nitrogens with zero attached hydrogens (tertiary/aromatic N) is 4. The number of hydrogen-bond donors (Lipinski definition) is 0. The van der Waals surface area contributed by atoms with Crippen LogP contribution in [0.3, 0.4) is 0 Å². The van der Waals surface area contributed by atoms with Crippen LogP contribution in [-0.4, -0.2) is 15.0 Å². The summed E-state index contributed by atoms with van der Waals surface area (Å²) < 4.78 is 0. The zero-order chi connectivity index (χ0) is 42.2. The molecule has 0 saturated heterocycles. The minimum absolute atomic E-state index is 0.581. The Kier molecular flexibility index (Phi) is 9.41. The molecule has 0 saturated carbocycles. The summed E-state index contributed by atoms with van der Waals surface area (Å²) in [5.41, 5.74) is 15.8. The van der Waals surface area contributed by atoms with Gasteiger partial charge in [0.15, 0.2) is 17.5 Å².